The molecule has 2 aromatic rings. The third kappa shape index (κ3) is 9.34. The molecule has 2 N–H and O–H groups in total. The number of thioether (sulfide) groups is 1. The fourth-order valence-electron chi connectivity index (χ4n) is 4.20. The third-order valence-electron chi connectivity index (χ3n) is 6.58. The van der Waals surface area contributed by atoms with Gasteiger partial charge in [0.25, 0.3) is 0 Å². The molecule has 2 atom stereocenters. The van der Waals surface area contributed by atoms with Crippen LogP contribution in [0.3, 0.4) is 0 Å². The molecule has 0 heterocycles. The van der Waals surface area contributed by atoms with Crippen molar-refractivity contribution in [3.05, 3.63) is 71.3 Å². The van der Waals surface area contributed by atoms with Gasteiger partial charge in [0.15, 0.2) is 0 Å². The summed E-state index contributed by atoms with van der Waals surface area (Å²) in [5, 5.41) is 5.80. The number of rotatable bonds is 12. The highest BCUT2D eigenvalue weighted by molar-refractivity contribution is 7.98. The quantitative estimate of drug-likeness (QED) is 0.323. The SMILES string of the molecule is C#Cc1ccccc1C(C(=O)NCc1ccccc1)N(C(=O)C(CCSC)NC(=O)OC(C)(C)C)C(C)(C)CC. The van der Waals surface area contributed by atoms with Crippen molar-refractivity contribution >= 4 is 29.7 Å². The zero-order chi connectivity index (χ0) is 29.9. The van der Waals surface area contributed by atoms with E-state index >= 15 is 0 Å². The van der Waals surface area contributed by atoms with Crippen molar-refractivity contribution in [2.75, 3.05) is 12.0 Å². The normalized spacial score (nSPS) is 12.9. The zero-order valence-electron chi connectivity index (χ0n) is 24.7. The maximum atomic E-state index is 14.5. The Morgan fingerprint density at radius 1 is 1.02 bits per heavy atom. The number of carbonyl (C=O) groups is 3. The van der Waals surface area contributed by atoms with Gasteiger partial charge in [-0.2, -0.15) is 11.8 Å². The number of ether oxygens (including phenoxy) is 1. The second-order valence-corrected chi connectivity index (χ2v) is 12.2. The van der Waals surface area contributed by atoms with Crippen molar-refractivity contribution in [3.63, 3.8) is 0 Å². The number of hydrogen-bond donors (Lipinski definition) is 2. The molecule has 2 aromatic carbocycles. The van der Waals surface area contributed by atoms with Crippen LogP contribution in [-0.4, -0.2) is 52.0 Å². The summed E-state index contributed by atoms with van der Waals surface area (Å²) in [7, 11) is 0. The van der Waals surface area contributed by atoms with Crippen molar-refractivity contribution in [1.29, 1.82) is 0 Å². The minimum absolute atomic E-state index is 0.287. The molecule has 0 fully saturated rings. The van der Waals surface area contributed by atoms with Gasteiger partial charge in [-0.3, -0.25) is 9.59 Å². The van der Waals surface area contributed by atoms with Crippen LogP contribution in [0.1, 0.15) is 77.1 Å². The van der Waals surface area contributed by atoms with Gasteiger partial charge in [0.1, 0.15) is 17.7 Å². The first kappa shape index (κ1) is 32.8. The molecular formula is C32H43N3O4S. The van der Waals surface area contributed by atoms with Crippen molar-refractivity contribution in [1.82, 2.24) is 15.5 Å². The van der Waals surface area contributed by atoms with E-state index in [-0.39, 0.29) is 18.4 Å². The fourth-order valence-corrected chi connectivity index (χ4v) is 4.67. The molecular weight excluding hydrogens is 522 g/mol. The molecule has 2 unspecified atom stereocenters. The number of terminal acetylenes is 1. The Morgan fingerprint density at radius 2 is 1.65 bits per heavy atom. The minimum atomic E-state index is -1.03. The van der Waals surface area contributed by atoms with Crippen LogP contribution < -0.4 is 10.6 Å². The number of amides is 3. The summed E-state index contributed by atoms with van der Waals surface area (Å²) < 4.78 is 5.47. The van der Waals surface area contributed by atoms with Gasteiger partial charge in [-0.1, -0.05) is 61.4 Å². The highest BCUT2D eigenvalue weighted by Gasteiger charge is 2.43. The largest absolute Gasteiger partial charge is 0.444 e. The van der Waals surface area contributed by atoms with Crippen LogP contribution in [-0.2, 0) is 20.9 Å². The summed E-state index contributed by atoms with van der Waals surface area (Å²) in [6, 6.07) is 14.8. The van der Waals surface area contributed by atoms with E-state index in [9.17, 15) is 14.4 Å². The number of carbonyl (C=O) groups excluding carboxylic acids is 3. The lowest BCUT2D eigenvalue weighted by molar-refractivity contribution is -0.149. The Balaban J connectivity index is 2.61. The molecule has 0 saturated carbocycles. The molecule has 40 heavy (non-hydrogen) atoms. The van der Waals surface area contributed by atoms with Crippen LogP contribution in [0.2, 0.25) is 0 Å². The van der Waals surface area contributed by atoms with Gasteiger partial charge in [0.05, 0.1) is 0 Å². The average Bonchev–Trinajstić information content (AvgIpc) is 2.91. The second kappa shape index (κ2) is 14.8. The average molecular weight is 566 g/mol. The first-order valence-electron chi connectivity index (χ1n) is 13.5. The zero-order valence-corrected chi connectivity index (χ0v) is 25.6. The van der Waals surface area contributed by atoms with Crippen molar-refractivity contribution in [3.8, 4) is 12.3 Å². The van der Waals surface area contributed by atoms with E-state index in [1.807, 2.05) is 57.4 Å². The Labute approximate surface area is 243 Å². The number of hydrogen-bond acceptors (Lipinski definition) is 5. The number of nitrogens with one attached hydrogen (secondary N) is 2. The Kier molecular flexibility index (Phi) is 12.1. The highest BCUT2D eigenvalue weighted by atomic mass is 32.2. The molecule has 0 aromatic heterocycles. The molecule has 3 amide bonds. The molecule has 7 nitrogen and oxygen atoms in total. The lowest BCUT2D eigenvalue weighted by Crippen LogP contribution is -2.59. The number of nitrogens with zero attached hydrogens (tertiary/aromatic N) is 1. The monoisotopic (exact) mass is 565 g/mol. The lowest BCUT2D eigenvalue weighted by Gasteiger charge is -2.44. The van der Waals surface area contributed by atoms with Crippen molar-refractivity contribution in [2.45, 2.75) is 84.2 Å². The van der Waals surface area contributed by atoms with Crippen molar-refractivity contribution in [2.24, 2.45) is 0 Å². The predicted molar refractivity (Wildman–Crippen MR) is 163 cm³/mol. The minimum Gasteiger partial charge on any atom is -0.444 e. The Hall–Kier alpha value is -3.44. The molecule has 0 spiro atoms. The van der Waals surface area contributed by atoms with E-state index in [1.54, 1.807) is 61.7 Å². The summed E-state index contributed by atoms with van der Waals surface area (Å²) in [5.41, 5.74) is 0.502. The van der Waals surface area contributed by atoms with Crippen LogP contribution in [0, 0.1) is 12.3 Å². The van der Waals surface area contributed by atoms with Crippen LogP contribution >= 0.6 is 11.8 Å². The lowest BCUT2D eigenvalue weighted by atomic mass is 9.90. The summed E-state index contributed by atoms with van der Waals surface area (Å²) >= 11 is 1.57. The topological polar surface area (TPSA) is 87.7 Å². The van der Waals surface area contributed by atoms with Crippen LogP contribution in [0.5, 0.6) is 0 Å². The van der Waals surface area contributed by atoms with Crippen LogP contribution in [0.15, 0.2) is 54.6 Å². The summed E-state index contributed by atoms with van der Waals surface area (Å²) in [5.74, 6) is 2.57. The molecule has 8 heteroatoms. The second-order valence-electron chi connectivity index (χ2n) is 11.2. The highest BCUT2D eigenvalue weighted by Crippen LogP contribution is 2.34. The Bertz CT molecular complexity index is 1180. The standard InChI is InChI=1S/C32H43N3O4S/c1-9-24-18-14-15-19-25(24)27(28(36)33-22-23-16-12-11-13-17-23)35(32(6,7)10-2)29(37)26(20-21-40-8)34-30(38)39-31(3,4)5/h1,11-19,26-27H,10,20-22H2,2-8H3,(H,33,36)(H,34,38). The number of alkyl carbamates (subject to hydrolysis) is 1. The van der Waals surface area contributed by atoms with Gasteiger partial charge in [0.2, 0.25) is 11.8 Å². The maximum Gasteiger partial charge on any atom is 0.408 e. The van der Waals surface area contributed by atoms with Gasteiger partial charge in [-0.05, 0) is 76.7 Å². The molecule has 2 rings (SSSR count). The summed E-state index contributed by atoms with van der Waals surface area (Å²) in [6.07, 6.45) is 8.03. The van der Waals surface area contributed by atoms with Gasteiger partial charge >= 0.3 is 6.09 Å². The molecule has 0 aliphatic heterocycles. The molecule has 0 aliphatic rings. The Morgan fingerprint density at radius 3 is 2.23 bits per heavy atom. The third-order valence-corrected chi connectivity index (χ3v) is 7.23. The molecule has 0 bridgehead atoms. The molecule has 216 valence electrons. The van der Waals surface area contributed by atoms with E-state index < -0.39 is 29.3 Å². The van der Waals surface area contributed by atoms with E-state index in [1.165, 1.54) is 0 Å². The van der Waals surface area contributed by atoms with E-state index in [0.29, 0.717) is 29.7 Å². The van der Waals surface area contributed by atoms with E-state index in [2.05, 4.69) is 16.6 Å². The summed E-state index contributed by atoms with van der Waals surface area (Å²) in [6.45, 7) is 11.4. The van der Waals surface area contributed by atoms with Crippen LogP contribution in [0.25, 0.3) is 0 Å². The van der Waals surface area contributed by atoms with E-state index in [4.69, 9.17) is 11.2 Å². The van der Waals surface area contributed by atoms with Gasteiger partial charge in [-0.25, -0.2) is 4.79 Å². The summed E-state index contributed by atoms with van der Waals surface area (Å²) in [4.78, 5) is 42.9. The molecule has 0 aliphatic carbocycles. The first-order chi connectivity index (χ1) is 18.8. The van der Waals surface area contributed by atoms with Crippen molar-refractivity contribution < 1.29 is 19.1 Å². The molecule has 0 radical (unpaired) electrons. The van der Waals surface area contributed by atoms with E-state index in [0.717, 1.165) is 5.56 Å². The predicted octanol–water partition coefficient (Wildman–Crippen LogP) is 5.69. The number of benzene rings is 2. The van der Waals surface area contributed by atoms with Gasteiger partial charge in [0, 0.05) is 17.6 Å². The maximum absolute atomic E-state index is 14.5. The molecule has 0 saturated heterocycles. The van der Waals surface area contributed by atoms with Crippen LogP contribution in [0.4, 0.5) is 4.79 Å². The first-order valence-corrected chi connectivity index (χ1v) is 14.9. The van der Waals surface area contributed by atoms with Gasteiger partial charge < -0.3 is 20.3 Å². The smallest absolute Gasteiger partial charge is 0.408 e. The fraction of sp³-hybridized carbons (Fsp3) is 0.469. The van der Waals surface area contributed by atoms with Gasteiger partial charge in [-0.15, -0.1) is 6.42 Å².